The Morgan fingerprint density at radius 3 is 2.59 bits per heavy atom. The molecule has 3 rings (SSSR count). The molecule has 1 aromatic carbocycles. The highest BCUT2D eigenvalue weighted by Gasteiger charge is 2.33. The Kier molecular flexibility index (Phi) is 4.66. The number of hydrogen-bond donors (Lipinski definition) is 1. The summed E-state index contributed by atoms with van der Waals surface area (Å²) in [6.07, 6.45) is 2.67. The Balaban J connectivity index is 1.63. The highest BCUT2D eigenvalue weighted by molar-refractivity contribution is 6.31. The molecule has 0 radical (unpaired) electrons. The molecule has 22 heavy (non-hydrogen) atoms. The summed E-state index contributed by atoms with van der Waals surface area (Å²) in [5.41, 5.74) is 0.0295. The van der Waals surface area contributed by atoms with Crippen LogP contribution in [0, 0.1) is 5.82 Å². The SMILES string of the molecule is O=C(c1cc(Cl)ccc1F)N1CCN(C2CCCC2O)CC1. The van der Waals surface area contributed by atoms with E-state index in [0.717, 1.165) is 32.4 Å². The number of piperazine rings is 1. The summed E-state index contributed by atoms with van der Waals surface area (Å²) in [5, 5.41) is 10.3. The molecule has 6 heteroatoms. The zero-order chi connectivity index (χ0) is 15.7. The zero-order valence-corrected chi connectivity index (χ0v) is 13.1. The molecule has 2 fully saturated rings. The third-order valence-electron chi connectivity index (χ3n) is 4.67. The second-order valence-electron chi connectivity index (χ2n) is 6.02. The van der Waals surface area contributed by atoms with Gasteiger partial charge in [0, 0.05) is 37.2 Å². The van der Waals surface area contributed by atoms with Crippen molar-refractivity contribution in [2.75, 3.05) is 26.2 Å². The molecule has 1 saturated carbocycles. The number of carbonyl (C=O) groups excluding carboxylic acids is 1. The van der Waals surface area contributed by atoms with Crippen molar-refractivity contribution in [2.45, 2.75) is 31.4 Å². The average molecular weight is 327 g/mol. The number of nitrogens with zero attached hydrogens (tertiary/aromatic N) is 2. The van der Waals surface area contributed by atoms with Gasteiger partial charge in [0.2, 0.25) is 0 Å². The van der Waals surface area contributed by atoms with Gasteiger partial charge in [-0.3, -0.25) is 9.69 Å². The Morgan fingerprint density at radius 2 is 1.95 bits per heavy atom. The molecular weight excluding hydrogens is 307 g/mol. The molecule has 1 aromatic rings. The van der Waals surface area contributed by atoms with Crippen LogP contribution in [0.4, 0.5) is 4.39 Å². The summed E-state index contributed by atoms with van der Waals surface area (Å²) in [5.74, 6) is -0.852. The van der Waals surface area contributed by atoms with Gasteiger partial charge in [0.05, 0.1) is 11.7 Å². The van der Waals surface area contributed by atoms with Crippen LogP contribution in [0.5, 0.6) is 0 Å². The Bertz CT molecular complexity index is 561. The second kappa shape index (κ2) is 6.52. The lowest BCUT2D eigenvalue weighted by Crippen LogP contribution is -2.53. The van der Waals surface area contributed by atoms with E-state index in [0.29, 0.717) is 18.1 Å². The largest absolute Gasteiger partial charge is 0.391 e. The zero-order valence-electron chi connectivity index (χ0n) is 12.3. The lowest BCUT2D eigenvalue weighted by molar-refractivity contribution is 0.0313. The Hall–Kier alpha value is -1.17. The third kappa shape index (κ3) is 3.12. The molecule has 1 saturated heterocycles. The summed E-state index contributed by atoms with van der Waals surface area (Å²) in [6, 6.07) is 4.25. The van der Waals surface area contributed by atoms with Gasteiger partial charge in [-0.25, -0.2) is 4.39 Å². The van der Waals surface area contributed by atoms with Crippen molar-refractivity contribution in [3.05, 3.63) is 34.6 Å². The Morgan fingerprint density at radius 1 is 1.23 bits per heavy atom. The van der Waals surface area contributed by atoms with Crippen LogP contribution in [-0.4, -0.2) is 59.1 Å². The summed E-state index contributed by atoms with van der Waals surface area (Å²) < 4.78 is 13.8. The minimum Gasteiger partial charge on any atom is -0.391 e. The van der Waals surface area contributed by atoms with Crippen LogP contribution in [0.3, 0.4) is 0 Å². The van der Waals surface area contributed by atoms with E-state index >= 15 is 0 Å². The van der Waals surface area contributed by atoms with E-state index in [1.54, 1.807) is 4.90 Å². The third-order valence-corrected chi connectivity index (χ3v) is 4.91. The van der Waals surface area contributed by atoms with Gasteiger partial charge in [0.15, 0.2) is 0 Å². The van der Waals surface area contributed by atoms with E-state index in [1.807, 2.05) is 0 Å². The van der Waals surface area contributed by atoms with Gasteiger partial charge >= 0.3 is 0 Å². The molecule has 4 nitrogen and oxygen atoms in total. The first-order valence-electron chi connectivity index (χ1n) is 7.72. The van der Waals surface area contributed by atoms with Crippen LogP contribution in [0.15, 0.2) is 18.2 Å². The molecule has 1 amide bonds. The molecular formula is C16H20ClFN2O2. The molecule has 1 aliphatic carbocycles. The van der Waals surface area contributed by atoms with Gasteiger partial charge in [0.1, 0.15) is 5.82 Å². The number of carbonyl (C=O) groups is 1. The molecule has 1 aliphatic heterocycles. The highest BCUT2D eigenvalue weighted by atomic mass is 35.5. The molecule has 0 aromatic heterocycles. The number of aliphatic hydroxyl groups excluding tert-OH is 1. The summed E-state index contributed by atoms with van der Waals surface area (Å²) in [4.78, 5) is 16.3. The van der Waals surface area contributed by atoms with Crippen molar-refractivity contribution < 1.29 is 14.3 Å². The number of amides is 1. The highest BCUT2D eigenvalue weighted by Crippen LogP contribution is 2.25. The first-order chi connectivity index (χ1) is 10.6. The van der Waals surface area contributed by atoms with Gasteiger partial charge in [-0.2, -0.15) is 0 Å². The van der Waals surface area contributed by atoms with Crippen LogP contribution >= 0.6 is 11.6 Å². The fourth-order valence-corrected chi connectivity index (χ4v) is 3.61. The summed E-state index contributed by atoms with van der Waals surface area (Å²) >= 11 is 5.85. The van der Waals surface area contributed by atoms with E-state index in [9.17, 15) is 14.3 Å². The normalized spacial score (nSPS) is 26.4. The van der Waals surface area contributed by atoms with Gasteiger partial charge in [0.25, 0.3) is 5.91 Å². The molecule has 2 unspecified atom stereocenters. The summed E-state index contributed by atoms with van der Waals surface area (Å²) in [7, 11) is 0. The van der Waals surface area contributed by atoms with E-state index < -0.39 is 5.82 Å². The fourth-order valence-electron chi connectivity index (χ4n) is 3.44. The molecule has 1 N–H and O–H groups in total. The van der Waals surface area contributed by atoms with Crippen molar-refractivity contribution in [2.24, 2.45) is 0 Å². The topological polar surface area (TPSA) is 43.8 Å². The van der Waals surface area contributed by atoms with Gasteiger partial charge < -0.3 is 10.0 Å². The number of benzene rings is 1. The average Bonchev–Trinajstić information content (AvgIpc) is 2.95. The number of aliphatic hydroxyl groups is 1. The van der Waals surface area contributed by atoms with Crippen LogP contribution in [0.25, 0.3) is 0 Å². The maximum atomic E-state index is 13.8. The van der Waals surface area contributed by atoms with Crippen LogP contribution in [0.2, 0.25) is 5.02 Å². The van der Waals surface area contributed by atoms with Crippen molar-refractivity contribution >= 4 is 17.5 Å². The van der Waals surface area contributed by atoms with Gasteiger partial charge in [-0.05, 0) is 37.5 Å². The minimum absolute atomic E-state index is 0.0295. The number of hydrogen-bond acceptors (Lipinski definition) is 3. The van der Waals surface area contributed by atoms with E-state index in [1.165, 1.54) is 18.2 Å². The lowest BCUT2D eigenvalue weighted by atomic mass is 10.1. The number of rotatable bonds is 2. The van der Waals surface area contributed by atoms with Crippen molar-refractivity contribution in [3.63, 3.8) is 0 Å². The van der Waals surface area contributed by atoms with Crippen molar-refractivity contribution in [1.29, 1.82) is 0 Å². The predicted octanol–water partition coefficient (Wildman–Crippen LogP) is 2.15. The van der Waals surface area contributed by atoms with E-state index in [-0.39, 0.29) is 23.6 Å². The first kappa shape index (κ1) is 15.7. The molecule has 2 atom stereocenters. The van der Waals surface area contributed by atoms with Crippen LogP contribution < -0.4 is 0 Å². The van der Waals surface area contributed by atoms with E-state index in [4.69, 9.17) is 11.6 Å². The maximum absolute atomic E-state index is 13.8. The van der Waals surface area contributed by atoms with Gasteiger partial charge in [-0.15, -0.1) is 0 Å². The Labute approximate surface area is 134 Å². The van der Waals surface area contributed by atoms with Crippen LogP contribution in [-0.2, 0) is 0 Å². The maximum Gasteiger partial charge on any atom is 0.256 e. The lowest BCUT2D eigenvalue weighted by Gasteiger charge is -2.39. The predicted molar refractivity (Wildman–Crippen MR) is 82.5 cm³/mol. The molecule has 1 heterocycles. The molecule has 0 spiro atoms. The minimum atomic E-state index is -0.539. The molecule has 2 aliphatic rings. The standard InChI is InChI=1S/C16H20ClFN2O2/c17-11-4-5-13(18)12(10-11)16(22)20-8-6-19(7-9-20)14-2-1-3-15(14)21/h4-5,10,14-15,21H,1-3,6-9H2. The smallest absolute Gasteiger partial charge is 0.256 e. The van der Waals surface area contributed by atoms with Gasteiger partial charge in [-0.1, -0.05) is 11.6 Å². The quantitative estimate of drug-likeness (QED) is 0.905. The van der Waals surface area contributed by atoms with Crippen LogP contribution in [0.1, 0.15) is 29.6 Å². The number of halogens is 2. The monoisotopic (exact) mass is 326 g/mol. The van der Waals surface area contributed by atoms with E-state index in [2.05, 4.69) is 4.90 Å². The second-order valence-corrected chi connectivity index (χ2v) is 6.45. The van der Waals surface area contributed by atoms with Crippen molar-refractivity contribution in [3.8, 4) is 0 Å². The molecule has 120 valence electrons. The fraction of sp³-hybridized carbons (Fsp3) is 0.562. The van der Waals surface area contributed by atoms with Crippen molar-refractivity contribution in [1.82, 2.24) is 9.80 Å². The summed E-state index contributed by atoms with van der Waals surface area (Å²) in [6.45, 7) is 2.54. The first-order valence-corrected chi connectivity index (χ1v) is 8.10. The molecule has 0 bridgehead atoms.